The third-order valence-electron chi connectivity index (χ3n) is 7.29. The van der Waals surface area contributed by atoms with Gasteiger partial charge in [-0.3, -0.25) is 0 Å². The van der Waals surface area contributed by atoms with E-state index in [2.05, 4.69) is 149 Å². The molecule has 0 aromatic heterocycles. The van der Waals surface area contributed by atoms with Crippen molar-refractivity contribution >= 4 is 59.0 Å². The van der Waals surface area contributed by atoms with Crippen molar-refractivity contribution in [2.45, 2.75) is 5.92 Å². The lowest BCUT2D eigenvalue weighted by Gasteiger charge is -2.19. The minimum Gasteiger partial charge on any atom is -0.0622 e. The third kappa shape index (κ3) is 3.77. The third-order valence-corrected chi connectivity index (χ3v) is 7.78. The molecule has 7 aromatic rings. The van der Waals surface area contributed by atoms with Crippen LogP contribution in [0, 0.1) is 0 Å². The zero-order valence-corrected chi connectivity index (χ0v) is 21.2. The number of rotatable bonds is 3. The molecule has 0 bridgehead atoms. The Morgan fingerprint density at radius 1 is 0.333 bits per heavy atom. The molecule has 0 aliphatic rings. The fourth-order valence-corrected chi connectivity index (χ4v) is 5.92. The molecule has 170 valence electrons. The molecule has 0 saturated carbocycles. The molecular weight excluding hydrogens is 500 g/mol. The first-order valence-corrected chi connectivity index (χ1v) is 13.1. The predicted molar refractivity (Wildman–Crippen MR) is 158 cm³/mol. The van der Waals surface area contributed by atoms with Gasteiger partial charge in [0.1, 0.15) is 0 Å². The molecule has 0 aliphatic carbocycles. The molecule has 0 aliphatic heterocycles. The zero-order chi connectivity index (χ0) is 24.1. The zero-order valence-electron chi connectivity index (χ0n) is 19.7. The smallest absolute Gasteiger partial charge is 0.0340 e. The van der Waals surface area contributed by atoms with Crippen molar-refractivity contribution in [3.8, 4) is 0 Å². The van der Waals surface area contributed by atoms with Gasteiger partial charge in [0.2, 0.25) is 0 Å². The van der Waals surface area contributed by atoms with Gasteiger partial charge in [-0.05, 0) is 108 Å². The second kappa shape index (κ2) is 8.62. The molecule has 0 saturated heterocycles. The van der Waals surface area contributed by atoms with E-state index in [9.17, 15) is 0 Å². The molecule has 7 aromatic carbocycles. The lowest BCUT2D eigenvalue weighted by Crippen LogP contribution is -2.03. The maximum atomic E-state index is 3.62. The highest BCUT2D eigenvalue weighted by Crippen LogP contribution is 2.35. The van der Waals surface area contributed by atoms with Crippen LogP contribution < -0.4 is 0 Å². The molecule has 0 N–H and O–H groups in total. The van der Waals surface area contributed by atoms with Crippen molar-refractivity contribution in [3.63, 3.8) is 0 Å². The molecule has 0 heterocycles. The summed E-state index contributed by atoms with van der Waals surface area (Å²) < 4.78 is 1.11. The van der Waals surface area contributed by atoms with Gasteiger partial charge in [0.25, 0.3) is 0 Å². The van der Waals surface area contributed by atoms with Crippen molar-refractivity contribution in [2.24, 2.45) is 0 Å². The predicted octanol–water partition coefficient (Wildman–Crippen LogP) is 10.2. The number of fused-ring (bicyclic) bond motifs is 4. The van der Waals surface area contributed by atoms with Gasteiger partial charge in [-0.2, -0.15) is 0 Å². The van der Waals surface area contributed by atoms with E-state index in [0.717, 1.165) is 4.47 Å². The molecule has 7 rings (SSSR count). The number of halogens is 1. The van der Waals surface area contributed by atoms with Crippen LogP contribution in [0.25, 0.3) is 43.1 Å². The van der Waals surface area contributed by atoms with Gasteiger partial charge in [-0.25, -0.2) is 0 Å². The van der Waals surface area contributed by atoms with Gasteiger partial charge in [0.05, 0.1) is 0 Å². The summed E-state index contributed by atoms with van der Waals surface area (Å²) in [6, 6.07) is 49.0. The van der Waals surface area contributed by atoms with Crippen LogP contribution in [0.4, 0.5) is 0 Å². The van der Waals surface area contributed by atoms with Gasteiger partial charge in [-0.15, -0.1) is 0 Å². The van der Waals surface area contributed by atoms with Crippen LogP contribution in [0.2, 0.25) is 0 Å². The van der Waals surface area contributed by atoms with Gasteiger partial charge in [0, 0.05) is 10.4 Å². The average molecular weight is 523 g/mol. The van der Waals surface area contributed by atoms with Crippen LogP contribution in [0.3, 0.4) is 0 Å². The Labute approximate surface area is 219 Å². The Hall–Kier alpha value is -3.94. The summed E-state index contributed by atoms with van der Waals surface area (Å²) >= 11 is 3.62. The standard InChI is InChI=1S/C35H23Br/c36-34-14-13-26-16-30-19-29-15-25-11-12-27(17-28(25)18-31(29)20-32(30)21-33(26)22-34)35(23-7-3-1-4-8-23)24-9-5-2-6-10-24/h1-22,35H. The summed E-state index contributed by atoms with van der Waals surface area (Å²) in [5.74, 6) is 0.203. The Bertz CT molecular complexity index is 1850. The van der Waals surface area contributed by atoms with Gasteiger partial charge in [-0.1, -0.05) is 101 Å². The van der Waals surface area contributed by atoms with E-state index in [-0.39, 0.29) is 5.92 Å². The van der Waals surface area contributed by atoms with Gasteiger partial charge >= 0.3 is 0 Å². The highest BCUT2D eigenvalue weighted by atomic mass is 79.9. The lowest BCUT2D eigenvalue weighted by atomic mass is 9.84. The van der Waals surface area contributed by atoms with E-state index in [0.29, 0.717) is 0 Å². The van der Waals surface area contributed by atoms with Crippen molar-refractivity contribution < 1.29 is 0 Å². The second-order valence-corrected chi connectivity index (χ2v) is 10.5. The van der Waals surface area contributed by atoms with Crippen LogP contribution in [0.1, 0.15) is 22.6 Å². The fraction of sp³-hybridized carbons (Fsp3) is 0.0286. The quantitative estimate of drug-likeness (QED) is 0.160. The summed E-state index contributed by atoms with van der Waals surface area (Å²) in [7, 11) is 0. The van der Waals surface area contributed by atoms with E-state index in [1.165, 1.54) is 59.8 Å². The van der Waals surface area contributed by atoms with Crippen molar-refractivity contribution in [3.05, 3.63) is 155 Å². The highest BCUT2D eigenvalue weighted by molar-refractivity contribution is 9.10. The summed E-state index contributed by atoms with van der Waals surface area (Å²) in [6.45, 7) is 0. The van der Waals surface area contributed by atoms with E-state index >= 15 is 0 Å². The Morgan fingerprint density at radius 2 is 0.750 bits per heavy atom. The van der Waals surface area contributed by atoms with Gasteiger partial charge < -0.3 is 0 Å². The minimum atomic E-state index is 0.203. The molecule has 0 radical (unpaired) electrons. The van der Waals surface area contributed by atoms with Crippen molar-refractivity contribution in [1.29, 1.82) is 0 Å². The van der Waals surface area contributed by atoms with Crippen molar-refractivity contribution in [1.82, 2.24) is 0 Å². The Kier molecular flexibility index (Phi) is 5.11. The van der Waals surface area contributed by atoms with Crippen LogP contribution in [0.5, 0.6) is 0 Å². The number of hydrogen-bond donors (Lipinski definition) is 0. The summed E-state index contributed by atoms with van der Waals surface area (Å²) in [6.07, 6.45) is 0. The highest BCUT2D eigenvalue weighted by Gasteiger charge is 2.17. The fourth-order valence-electron chi connectivity index (χ4n) is 5.54. The molecule has 0 unspecified atom stereocenters. The maximum Gasteiger partial charge on any atom is 0.0340 e. The SMILES string of the molecule is Brc1ccc2cc3cc4cc5ccc(C(c6ccccc6)c6ccccc6)cc5cc4cc3cc2c1. The summed E-state index contributed by atoms with van der Waals surface area (Å²) in [5, 5.41) is 10.2. The molecule has 36 heavy (non-hydrogen) atoms. The topological polar surface area (TPSA) is 0 Å². The van der Waals surface area contributed by atoms with Crippen LogP contribution in [0.15, 0.2) is 138 Å². The Morgan fingerprint density at radius 3 is 1.28 bits per heavy atom. The monoisotopic (exact) mass is 522 g/mol. The van der Waals surface area contributed by atoms with E-state index < -0.39 is 0 Å². The number of benzene rings is 7. The average Bonchev–Trinajstić information content (AvgIpc) is 2.91. The first-order chi connectivity index (χ1) is 17.7. The maximum absolute atomic E-state index is 3.62. The minimum absolute atomic E-state index is 0.203. The van der Waals surface area contributed by atoms with E-state index in [1.807, 2.05) is 0 Å². The first-order valence-electron chi connectivity index (χ1n) is 12.3. The van der Waals surface area contributed by atoms with Crippen LogP contribution in [-0.2, 0) is 0 Å². The van der Waals surface area contributed by atoms with Crippen molar-refractivity contribution in [2.75, 3.05) is 0 Å². The van der Waals surface area contributed by atoms with Crippen LogP contribution >= 0.6 is 15.9 Å². The molecule has 0 fully saturated rings. The molecular formula is C35H23Br. The summed E-state index contributed by atoms with van der Waals surface area (Å²) in [5.41, 5.74) is 3.94. The molecule has 0 nitrogen and oxygen atoms in total. The summed E-state index contributed by atoms with van der Waals surface area (Å²) in [4.78, 5) is 0. The second-order valence-electron chi connectivity index (χ2n) is 9.60. The normalized spacial score (nSPS) is 11.7. The van der Waals surface area contributed by atoms with E-state index in [1.54, 1.807) is 0 Å². The molecule has 1 heteroatoms. The molecule has 0 spiro atoms. The largest absolute Gasteiger partial charge is 0.0622 e. The van der Waals surface area contributed by atoms with E-state index in [4.69, 9.17) is 0 Å². The lowest BCUT2D eigenvalue weighted by molar-refractivity contribution is 0.980. The Balaban J connectivity index is 1.41. The molecule has 0 atom stereocenters. The molecule has 0 amide bonds. The van der Waals surface area contributed by atoms with Crippen LogP contribution in [-0.4, -0.2) is 0 Å². The van der Waals surface area contributed by atoms with Gasteiger partial charge in [0.15, 0.2) is 0 Å². The number of hydrogen-bond acceptors (Lipinski definition) is 0. The first kappa shape index (κ1) is 21.4.